The molecular formula is C51H47GeIrN3O-2. The summed E-state index contributed by atoms with van der Waals surface area (Å²) < 4.78 is 7.86. The van der Waals surface area contributed by atoms with Crippen LogP contribution in [-0.2, 0) is 25.5 Å². The van der Waals surface area contributed by atoms with Crippen LogP contribution in [0.5, 0.6) is 0 Å². The van der Waals surface area contributed by atoms with Gasteiger partial charge in [-0.2, -0.15) is 0 Å². The number of aryl methyl sites for hydroxylation is 2. The second-order valence-corrected chi connectivity index (χ2v) is 27.5. The molecule has 0 fully saturated rings. The zero-order valence-corrected chi connectivity index (χ0v) is 38.4. The van der Waals surface area contributed by atoms with Gasteiger partial charge in [0.25, 0.3) is 0 Å². The van der Waals surface area contributed by atoms with E-state index in [1.54, 1.807) is 0 Å². The van der Waals surface area contributed by atoms with Crippen molar-refractivity contribution in [2.45, 2.75) is 63.2 Å². The molecule has 0 N–H and O–H groups in total. The van der Waals surface area contributed by atoms with Crippen molar-refractivity contribution in [2.24, 2.45) is 4.99 Å². The van der Waals surface area contributed by atoms with Gasteiger partial charge < -0.3 is 4.42 Å². The molecule has 0 bridgehead atoms. The van der Waals surface area contributed by atoms with Crippen LogP contribution in [0.25, 0.3) is 44.5 Å². The van der Waals surface area contributed by atoms with Gasteiger partial charge in [-0.25, -0.2) is 4.98 Å². The maximum Gasteiger partial charge on any atom is 0.216 e. The molecule has 3 aromatic heterocycles. The van der Waals surface area contributed by atoms with E-state index < -0.39 is 13.3 Å². The van der Waals surface area contributed by atoms with Crippen LogP contribution in [0.4, 0.5) is 5.69 Å². The Morgan fingerprint density at radius 3 is 2.19 bits per heavy atom. The number of hydrogen-bond donors (Lipinski definition) is 0. The van der Waals surface area contributed by atoms with Gasteiger partial charge in [0.05, 0.1) is 11.3 Å². The predicted molar refractivity (Wildman–Crippen MR) is 236 cm³/mol. The van der Waals surface area contributed by atoms with Gasteiger partial charge in [-0.05, 0) is 64.1 Å². The molecular weight excluding hydrogens is 935 g/mol. The number of benzene rings is 5. The molecule has 1 aliphatic rings. The molecule has 1 unspecified atom stereocenters. The van der Waals surface area contributed by atoms with Gasteiger partial charge in [-0.3, -0.25) is 4.99 Å². The first-order valence-electron chi connectivity index (χ1n) is 19.4. The summed E-state index contributed by atoms with van der Waals surface area (Å²) in [7, 11) is 0. The van der Waals surface area contributed by atoms with Crippen LogP contribution in [0.3, 0.4) is 0 Å². The number of hydrogen-bond acceptors (Lipinski definition) is 4. The van der Waals surface area contributed by atoms with Crippen LogP contribution in [-0.4, -0.2) is 28.9 Å². The van der Waals surface area contributed by atoms with Gasteiger partial charge in [-0.1, -0.05) is 98.5 Å². The normalized spacial score (nSPS) is 13.8. The van der Waals surface area contributed by atoms with Crippen molar-refractivity contribution in [1.29, 1.82) is 0 Å². The summed E-state index contributed by atoms with van der Waals surface area (Å²) in [6, 6.07) is 51.5. The number of rotatable bonds is 5. The summed E-state index contributed by atoms with van der Waals surface area (Å²) in [4.78, 5) is 14.4. The summed E-state index contributed by atoms with van der Waals surface area (Å²) in [5.74, 6) is 7.11. The summed E-state index contributed by atoms with van der Waals surface area (Å²) in [5.41, 5.74) is 14.7. The first-order valence-corrected chi connectivity index (χ1v) is 26.7. The largest absolute Gasteiger partial charge is 0.486 e. The Kier molecular flexibility index (Phi) is 11.4. The monoisotopic (exact) mass is 984 g/mol. The van der Waals surface area contributed by atoms with E-state index in [-0.39, 0.29) is 31.4 Å². The summed E-state index contributed by atoms with van der Waals surface area (Å²) >= 11 is -1.73. The molecule has 8 aromatic rings. The number of fused-ring (bicyclic) bond motifs is 4. The minimum absolute atomic E-state index is 0. The van der Waals surface area contributed by atoms with Crippen molar-refractivity contribution in [1.82, 2.24) is 9.97 Å². The topological polar surface area (TPSA) is 51.3 Å². The summed E-state index contributed by atoms with van der Waals surface area (Å²) in [6.45, 7) is 10.9. The molecule has 0 saturated heterocycles. The number of nitrogens with zero attached hydrogens (tertiary/aromatic N) is 3. The fourth-order valence-electron chi connectivity index (χ4n) is 7.52. The molecule has 6 heteroatoms. The van der Waals surface area contributed by atoms with Crippen molar-refractivity contribution in [3.63, 3.8) is 0 Å². The first kappa shape index (κ1) is 40.3. The third-order valence-corrected chi connectivity index (χ3v) is 14.9. The van der Waals surface area contributed by atoms with Crippen molar-refractivity contribution in [3.8, 4) is 22.4 Å². The van der Waals surface area contributed by atoms with Crippen LogP contribution in [0.1, 0.15) is 60.2 Å². The van der Waals surface area contributed by atoms with Gasteiger partial charge >= 0.3 is 106 Å². The third-order valence-electron chi connectivity index (χ3n) is 10.6. The Labute approximate surface area is 353 Å². The molecule has 5 aromatic carbocycles. The molecule has 1 atom stereocenters. The maximum atomic E-state index is 6.41. The summed E-state index contributed by atoms with van der Waals surface area (Å²) in [5, 5.41) is 2.06. The number of para-hydroxylation sites is 1. The zero-order valence-electron chi connectivity index (χ0n) is 33.9. The Morgan fingerprint density at radius 1 is 0.719 bits per heavy atom. The molecule has 287 valence electrons. The van der Waals surface area contributed by atoms with Crippen LogP contribution < -0.4 is 4.40 Å². The molecule has 4 nitrogen and oxygen atoms in total. The smallest absolute Gasteiger partial charge is 0.216 e. The maximum absolute atomic E-state index is 6.41. The second-order valence-electron chi connectivity index (χ2n) is 16.9. The van der Waals surface area contributed by atoms with E-state index >= 15 is 0 Å². The molecule has 57 heavy (non-hydrogen) atoms. The van der Waals surface area contributed by atoms with E-state index in [2.05, 4.69) is 176 Å². The van der Waals surface area contributed by atoms with Gasteiger partial charge in [0, 0.05) is 37.1 Å². The molecule has 0 saturated carbocycles. The Morgan fingerprint density at radius 2 is 1.49 bits per heavy atom. The number of pyridine rings is 2. The van der Waals surface area contributed by atoms with Crippen molar-refractivity contribution in [3.05, 3.63) is 179 Å². The van der Waals surface area contributed by atoms with Crippen LogP contribution in [0.15, 0.2) is 143 Å². The van der Waals surface area contributed by atoms with Crippen LogP contribution in [0.2, 0.25) is 17.3 Å². The predicted octanol–water partition coefficient (Wildman–Crippen LogP) is 12.7. The fraction of sp³-hybridized carbons (Fsp3) is 0.196. The number of aliphatic imine (C=N–C) groups is 1. The molecule has 9 rings (SSSR count). The van der Waals surface area contributed by atoms with Crippen molar-refractivity contribution < 1.29 is 24.5 Å². The minimum Gasteiger partial charge on any atom is -0.486 e. The van der Waals surface area contributed by atoms with Gasteiger partial charge in [-0.15, -0.1) is 18.2 Å². The fourth-order valence-corrected chi connectivity index (χ4v) is 9.69. The quantitative estimate of drug-likeness (QED) is 0.128. The van der Waals surface area contributed by atoms with Crippen LogP contribution >= 0.6 is 0 Å². The Hall–Kier alpha value is -4.94. The molecule has 0 amide bonds. The minimum atomic E-state index is -1.73. The van der Waals surface area contributed by atoms with Crippen molar-refractivity contribution >= 4 is 51.1 Å². The summed E-state index contributed by atoms with van der Waals surface area (Å²) in [6.07, 6.45) is 2.04. The van der Waals surface area contributed by atoms with E-state index in [0.717, 1.165) is 50.3 Å². The molecule has 0 spiro atoms. The number of furan rings is 1. The second kappa shape index (κ2) is 16.1. The first-order chi connectivity index (χ1) is 26.8. The van der Waals surface area contributed by atoms with E-state index in [0.29, 0.717) is 5.71 Å². The van der Waals surface area contributed by atoms with Crippen LogP contribution in [0, 0.1) is 26.0 Å². The molecule has 0 aliphatic carbocycles. The van der Waals surface area contributed by atoms with Crippen molar-refractivity contribution in [2.75, 3.05) is 0 Å². The van der Waals surface area contributed by atoms with E-state index in [1.807, 2.05) is 31.3 Å². The van der Waals surface area contributed by atoms with E-state index in [9.17, 15) is 0 Å². The average molecular weight is 983 g/mol. The Balaban J connectivity index is 0.000000232. The number of aromatic nitrogens is 2. The average Bonchev–Trinajstić information content (AvgIpc) is 3.76. The SMILES string of the molecule is Cc1c[c-]c(-c2cc[c]([Ge]([CH3])([CH3])[CH3])cn2)cc1.Cc1ccc2c(n1)oc1c(C3=Nc4ccccc4C3c3ccc(-c4ccccc4)cc3C(C)(C)C)[c-]ccc12.[Ir]. The molecule has 4 heterocycles. The van der Waals surface area contributed by atoms with Gasteiger partial charge in [0.15, 0.2) is 0 Å². The Bertz CT molecular complexity index is 2720. The standard InChI is InChI=1S/C36H29N2O.C15H18GeN.Ir/c1-22-17-19-26-25-14-10-15-29(34(25)39-35(26)37-22)33-32(28-13-8-9-16-31(28)38-33)27-20-18-24(21-30(27)36(2,3)4)23-11-6-5-7-12-23;1-12-5-7-13(8-6-12)15-10-9-14(11-17-15)16(2,3)4;/h5-14,16-21,32H,1-4H3;5-7,9-11H,1-4H3;/q2*-1;. The van der Waals surface area contributed by atoms with E-state index in [4.69, 9.17) is 9.41 Å². The van der Waals surface area contributed by atoms with Gasteiger partial charge in [0.2, 0.25) is 5.71 Å². The molecule has 1 radical (unpaired) electrons. The molecule has 1 aliphatic heterocycles. The third kappa shape index (κ3) is 8.25. The zero-order chi connectivity index (χ0) is 39.2. The van der Waals surface area contributed by atoms with Gasteiger partial charge in [0.1, 0.15) is 0 Å². The van der Waals surface area contributed by atoms with E-state index in [1.165, 1.54) is 37.8 Å².